The molecule has 0 radical (unpaired) electrons. The van der Waals surface area contributed by atoms with Gasteiger partial charge in [-0.15, -0.1) is 0 Å². The Morgan fingerprint density at radius 3 is 0.662 bits per heavy atom. The maximum absolute atomic E-state index is 12.8. The molecule has 1 atom stereocenters. The fourth-order valence-electron chi connectivity index (χ4n) is 9.00. The van der Waals surface area contributed by atoms with Gasteiger partial charge in [0.15, 0.2) is 6.10 Å². The summed E-state index contributed by atoms with van der Waals surface area (Å²) in [5.74, 6) is 1.61. The Labute approximate surface area is 406 Å². The Morgan fingerprint density at radius 2 is 0.446 bits per heavy atom. The lowest BCUT2D eigenvalue weighted by Crippen LogP contribution is -2.30. The average molecular weight is 920 g/mol. The van der Waals surface area contributed by atoms with Crippen molar-refractivity contribution in [3.8, 4) is 0 Å². The molecule has 0 aliphatic carbocycles. The second-order valence-electron chi connectivity index (χ2n) is 21.7. The van der Waals surface area contributed by atoms with E-state index in [2.05, 4.69) is 41.5 Å². The van der Waals surface area contributed by atoms with Gasteiger partial charge in [0.25, 0.3) is 0 Å². The first-order valence-corrected chi connectivity index (χ1v) is 29.1. The molecule has 0 saturated heterocycles. The first-order valence-electron chi connectivity index (χ1n) is 29.1. The molecule has 0 N–H and O–H groups in total. The molecule has 6 nitrogen and oxygen atoms in total. The Balaban J connectivity index is 4.16. The summed E-state index contributed by atoms with van der Waals surface area (Å²) in [7, 11) is 0. The number of carbonyl (C=O) groups is 3. The highest BCUT2D eigenvalue weighted by Gasteiger charge is 2.19. The molecule has 0 rings (SSSR count). The second kappa shape index (κ2) is 50.3. The van der Waals surface area contributed by atoms with E-state index in [1.54, 1.807) is 0 Å². The molecule has 0 spiro atoms. The van der Waals surface area contributed by atoms with E-state index in [0.717, 1.165) is 75.5 Å². The van der Waals surface area contributed by atoms with Crippen LogP contribution in [0.5, 0.6) is 0 Å². The van der Waals surface area contributed by atoms with E-state index in [1.807, 2.05) is 0 Å². The van der Waals surface area contributed by atoms with Gasteiger partial charge in [-0.3, -0.25) is 14.4 Å². The molecule has 0 amide bonds. The smallest absolute Gasteiger partial charge is 0.306 e. The number of unbranched alkanes of at least 4 members (excludes halogenated alkanes) is 35. The molecular formula is C59H114O6. The van der Waals surface area contributed by atoms with Crippen molar-refractivity contribution in [1.82, 2.24) is 0 Å². The predicted octanol–water partition coefficient (Wildman–Crippen LogP) is 19.1. The van der Waals surface area contributed by atoms with Gasteiger partial charge >= 0.3 is 17.9 Å². The lowest BCUT2D eigenvalue weighted by Gasteiger charge is -2.18. The summed E-state index contributed by atoms with van der Waals surface area (Å²) in [6, 6.07) is 0. The molecule has 0 fully saturated rings. The van der Waals surface area contributed by atoms with Crippen LogP contribution in [0.2, 0.25) is 0 Å². The van der Waals surface area contributed by atoms with Gasteiger partial charge in [-0.05, 0) is 37.0 Å². The van der Waals surface area contributed by atoms with Crippen LogP contribution in [0.1, 0.15) is 324 Å². The number of ether oxygens (including phenoxy) is 3. The Morgan fingerprint density at radius 1 is 0.262 bits per heavy atom. The summed E-state index contributed by atoms with van der Waals surface area (Å²) in [5.41, 5.74) is 0. The molecule has 6 heteroatoms. The van der Waals surface area contributed by atoms with E-state index in [9.17, 15) is 14.4 Å². The Kier molecular flexibility index (Phi) is 49.1. The van der Waals surface area contributed by atoms with Crippen LogP contribution in [0, 0.1) is 17.8 Å². The maximum atomic E-state index is 12.8. The fraction of sp³-hybridized carbons (Fsp3) is 0.949. The summed E-state index contributed by atoms with van der Waals surface area (Å²) in [6.07, 6.45) is 52.6. The number of esters is 3. The summed E-state index contributed by atoms with van der Waals surface area (Å²) in [5, 5.41) is 0. The van der Waals surface area contributed by atoms with Crippen molar-refractivity contribution in [3.05, 3.63) is 0 Å². The molecule has 0 saturated carbocycles. The van der Waals surface area contributed by atoms with Crippen molar-refractivity contribution in [3.63, 3.8) is 0 Å². The first kappa shape index (κ1) is 63.4. The van der Waals surface area contributed by atoms with E-state index in [0.29, 0.717) is 19.3 Å². The number of hydrogen-bond donors (Lipinski definition) is 0. The molecule has 0 aliphatic heterocycles. The highest BCUT2D eigenvalue weighted by Crippen LogP contribution is 2.18. The largest absolute Gasteiger partial charge is 0.462 e. The molecule has 0 aromatic carbocycles. The summed E-state index contributed by atoms with van der Waals surface area (Å²) < 4.78 is 16.8. The lowest BCUT2D eigenvalue weighted by molar-refractivity contribution is -0.167. The van der Waals surface area contributed by atoms with E-state index in [4.69, 9.17) is 14.2 Å². The van der Waals surface area contributed by atoms with Gasteiger partial charge in [-0.2, -0.15) is 0 Å². The monoisotopic (exact) mass is 919 g/mol. The van der Waals surface area contributed by atoms with Crippen LogP contribution in [0.4, 0.5) is 0 Å². The zero-order chi connectivity index (χ0) is 47.7. The van der Waals surface area contributed by atoms with Gasteiger partial charge in [-0.1, -0.05) is 286 Å². The van der Waals surface area contributed by atoms with Crippen molar-refractivity contribution in [2.24, 2.45) is 17.8 Å². The highest BCUT2D eigenvalue weighted by atomic mass is 16.6. The Hall–Kier alpha value is -1.59. The van der Waals surface area contributed by atoms with Crippen LogP contribution < -0.4 is 0 Å². The van der Waals surface area contributed by atoms with Crippen molar-refractivity contribution < 1.29 is 28.6 Å². The van der Waals surface area contributed by atoms with E-state index < -0.39 is 6.10 Å². The van der Waals surface area contributed by atoms with Crippen molar-refractivity contribution >= 4 is 17.9 Å². The molecule has 0 aromatic heterocycles. The molecule has 0 bridgehead atoms. The van der Waals surface area contributed by atoms with Gasteiger partial charge in [0.2, 0.25) is 0 Å². The van der Waals surface area contributed by atoms with Gasteiger partial charge < -0.3 is 14.2 Å². The van der Waals surface area contributed by atoms with E-state index in [1.165, 1.54) is 205 Å². The SMILES string of the molecule is CC(C)CCCCCCCCCCCCCCCCCCCCC(=O)OC[C@H](COC(=O)CCCCCCCCCCCCCCCCC(C)C)OC(=O)CCCCCCCCC(C)C. The number of carbonyl (C=O) groups excluding carboxylic acids is 3. The molecule has 386 valence electrons. The molecule has 0 unspecified atom stereocenters. The molecule has 0 aromatic rings. The van der Waals surface area contributed by atoms with Crippen molar-refractivity contribution in [2.75, 3.05) is 13.2 Å². The van der Waals surface area contributed by atoms with Crippen LogP contribution in [-0.2, 0) is 28.6 Å². The van der Waals surface area contributed by atoms with Crippen LogP contribution in [-0.4, -0.2) is 37.2 Å². The van der Waals surface area contributed by atoms with Crippen LogP contribution in [0.25, 0.3) is 0 Å². The number of hydrogen-bond acceptors (Lipinski definition) is 6. The second-order valence-corrected chi connectivity index (χ2v) is 21.7. The quantitative estimate of drug-likeness (QED) is 0.0344. The standard InChI is InChI=1S/C59H114O6/c1-53(2)45-39-33-27-23-19-15-11-9-7-8-10-12-17-21-25-29-36-42-48-57(60)63-51-56(65-59(62)50-44-38-32-31-35-41-47-55(5)6)52-64-58(61)49-43-37-30-26-22-18-14-13-16-20-24-28-34-40-46-54(3)4/h53-56H,7-52H2,1-6H3/t56-/m1/s1. The molecule has 0 aliphatic rings. The molecular weight excluding hydrogens is 805 g/mol. The third kappa shape index (κ3) is 53.2. The zero-order valence-corrected chi connectivity index (χ0v) is 44.8. The van der Waals surface area contributed by atoms with Crippen LogP contribution in [0.3, 0.4) is 0 Å². The van der Waals surface area contributed by atoms with E-state index in [-0.39, 0.29) is 31.1 Å². The third-order valence-corrected chi connectivity index (χ3v) is 13.4. The predicted molar refractivity (Wildman–Crippen MR) is 279 cm³/mol. The summed E-state index contributed by atoms with van der Waals surface area (Å²) in [4.78, 5) is 38.0. The van der Waals surface area contributed by atoms with Gasteiger partial charge in [0.05, 0.1) is 0 Å². The van der Waals surface area contributed by atoms with E-state index >= 15 is 0 Å². The molecule has 0 heterocycles. The average Bonchev–Trinajstić information content (AvgIpc) is 3.26. The minimum Gasteiger partial charge on any atom is -0.462 e. The van der Waals surface area contributed by atoms with Crippen LogP contribution in [0.15, 0.2) is 0 Å². The zero-order valence-electron chi connectivity index (χ0n) is 44.8. The number of rotatable bonds is 52. The third-order valence-electron chi connectivity index (χ3n) is 13.4. The maximum Gasteiger partial charge on any atom is 0.306 e. The highest BCUT2D eigenvalue weighted by molar-refractivity contribution is 5.71. The minimum absolute atomic E-state index is 0.0647. The minimum atomic E-state index is -0.764. The van der Waals surface area contributed by atoms with Crippen LogP contribution >= 0.6 is 0 Å². The van der Waals surface area contributed by atoms with Gasteiger partial charge in [0, 0.05) is 19.3 Å². The normalized spacial score (nSPS) is 12.1. The fourth-order valence-corrected chi connectivity index (χ4v) is 9.00. The first-order chi connectivity index (χ1) is 31.6. The van der Waals surface area contributed by atoms with Gasteiger partial charge in [0.1, 0.15) is 13.2 Å². The summed E-state index contributed by atoms with van der Waals surface area (Å²) >= 11 is 0. The lowest BCUT2D eigenvalue weighted by atomic mass is 10.0. The summed E-state index contributed by atoms with van der Waals surface area (Å²) in [6.45, 7) is 13.7. The Bertz CT molecular complexity index is 1010. The van der Waals surface area contributed by atoms with Crippen molar-refractivity contribution in [1.29, 1.82) is 0 Å². The topological polar surface area (TPSA) is 78.9 Å². The van der Waals surface area contributed by atoms with Gasteiger partial charge in [-0.25, -0.2) is 0 Å². The van der Waals surface area contributed by atoms with Crippen molar-refractivity contribution in [2.45, 2.75) is 330 Å². The molecule has 65 heavy (non-hydrogen) atoms.